The van der Waals surface area contributed by atoms with Gasteiger partial charge in [-0.05, 0) is 56.2 Å². The molecule has 6 heteroatoms. The Labute approximate surface area is 233 Å². The molecule has 0 aliphatic carbocycles. The van der Waals surface area contributed by atoms with Crippen LogP contribution in [0.4, 0.5) is 0 Å². The predicted molar refractivity (Wildman–Crippen MR) is 139 cm³/mol. The third kappa shape index (κ3) is 16.6. The van der Waals surface area contributed by atoms with E-state index in [2.05, 4.69) is 32.0 Å². The number of rotatable bonds is 21. The Balaban J connectivity index is 0.0000109. The standard InChI is InChI=1S/C28H50O4S.Na/c1-4-6-8-10-12-14-16-18-26-20-21-27(19-17-15-13-11-9-7-5-2)28(24-26)32-23-22-25(3)33(29,30)31;/h20-21,24-25H,4-19,22-23H2,1-3H3,(H,29,30,31);/q;+1/p-1. The Bertz CT molecular complexity index is 721. The van der Waals surface area contributed by atoms with Gasteiger partial charge in [0.1, 0.15) is 5.75 Å². The second-order valence-electron chi connectivity index (χ2n) is 9.63. The van der Waals surface area contributed by atoms with Crippen LogP contribution in [0, 0.1) is 0 Å². The molecule has 0 aliphatic heterocycles. The molecule has 1 atom stereocenters. The third-order valence-corrected chi connectivity index (χ3v) is 7.75. The topological polar surface area (TPSA) is 66.4 Å². The van der Waals surface area contributed by atoms with E-state index >= 15 is 0 Å². The Morgan fingerprint density at radius 3 is 1.82 bits per heavy atom. The molecule has 0 radical (unpaired) electrons. The quantitative estimate of drug-likeness (QED) is 0.135. The van der Waals surface area contributed by atoms with E-state index in [0.717, 1.165) is 25.0 Å². The molecule has 0 spiro atoms. The fraction of sp³-hybridized carbons (Fsp3) is 0.786. The molecule has 0 aromatic heterocycles. The Hall–Kier alpha value is -0.0700. The van der Waals surface area contributed by atoms with Crippen molar-refractivity contribution < 1.29 is 47.3 Å². The smallest absolute Gasteiger partial charge is 0.748 e. The minimum absolute atomic E-state index is 0. The van der Waals surface area contributed by atoms with E-state index in [4.69, 9.17) is 4.74 Å². The van der Waals surface area contributed by atoms with E-state index in [1.54, 1.807) is 0 Å². The van der Waals surface area contributed by atoms with Crippen LogP contribution in [0.5, 0.6) is 5.75 Å². The largest absolute Gasteiger partial charge is 1.00 e. The van der Waals surface area contributed by atoms with Crippen molar-refractivity contribution in [2.45, 2.75) is 135 Å². The Morgan fingerprint density at radius 2 is 1.29 bits per heavy atom. The van der Waals surface area contributed by atoms with Crippen LogP contribution < -0.4 is 34.3 Å². The van der Waals surface area contributed by atoms with Gasteiger partial charge >= 0.3 is 29.6 Å². The summed E-state index contributed by atoms with van der Waals surface area (Å²) < 4.78 is 39.6. The second kappa shape index (κ2) is 21.1. The van der Waals surface area contributed by atoms with Gasteiger partial charge in [-0.1, -0.05) is 103 Å². The first-order valence-corrected chi connectivity index (χ1v) is 15.0. The molecule has 0 aliphatic rings. The fourth-order valence-electron chi connectivity index (χ4n) is 4.13. The molecule has 0 saturated carbocycles. The van der Waals surface area contributed by atoms with Gasteiger partial charge in [0, 0.05) is 5.25 Å². The van der Waals surface area contributed by atoms with Crippen molar-refractivity contribution in [1.29, 1.82) is 0 Å². The molecule has 192 valence electrons. The van der Waals surface area contributed by atoms with Gasteiger partial charge < -0.3 is 9.29 Å². The van der Waals surface area contributed by atoms with Crippen molar-refractivity contribution in [2.24, 2.45) is 0 Å². The normalized spacial score (nSPS) is 12.4. The summed E-state index contributed by atoms with van der Waals surface area (Å²) in [6, 6.07) is 6.56. The summed E-state index contributed by atoms with van der Waals surface area (Å²) >= 11 is 0. The number of benzene rings is 1. The second-order valence-corrected chi connectivity index (χ2v) is 11.4. The van der Waals surface area contributed by atoms with Gasteiger partial charge in [0.15, 0.2) is 0 Å². The van der Waals surface area contributed by atoms with E-state index in [1.807, 2.05) is 0 Å². The zero-order valence-electron chi connectivity index (χ0n) is 22.6. The van der Waals surface area contributed by atoms with Crippen molar-refractivity contribution in [2.75, 3.05) is 6.61 Å². The molecular formula is C28H49NaO4S. The molecule has 1 rings (SSSR count). The van der Waals surface area contributed by atoms with Crippen LogP contribution in [-0.4, -0.2) is 24.8 Å². The number of hydrogen-bond acceptors (Lipinski definition) is 4. The zero-order valence-corrected chi connectivity index (χ0v) is 25.4. The van der Waals surface area contributed by atoms with Gasteiger partial charge in [-0.2, -0.15) is 0 Å². The first kappa shape index (κ1) is 33.9. The van der Waals surface area contributed by atoms with Crippen LogP contribution in [0.1, 0.15) is 128 Å². The van der Waals surface area contributed by atoms with Crippen molar-refractivity contribution in [3.8, 4) is 5.75 Å². The zero-order chi connectivity index (χ0) is 24.4. The summed E-state index contributed by atoms with van der Waals surface area (Å²) in [4.78, 5) is 0. The average Bonchev–Trinajstić information content (AvgIpc) is 2.78. The fourth-order valence-corrected chi connectivity index (χ4v) is 4.52. The van der Waals surface area contributed by atoms with Crippen molar-refractivity contribution in [1.82, 2.24) is 0 Å². The maximum atomic E-state index is 11.2. The van der Waals surface area contributed by atoms with Crippen molar-refractivity contribution in [3.63, 3.8) is 0 Å². The molecule has 0 N–H and O–H groups in total. The Morgan fingerprint density at radius 1 is 0.794 bits per heavy atom. The van der Waals surface area contributed by atoms with Gasteiger partial charge in [-0.3, -0.25) is 0 Å². The number of aryl methyl sites for hydroxylation is 2. The molecule has 4 nitrogen and oxygen atoms in total. The number of ether oxygens (including phenoxy) is 1. The average molecular weight is 505 g/mol. The van der Waals surface area contributed by atoms with Gasteiger partial charge in [0.05, 0.1) is 16.7 Å². The molecule has 0 saturated heterocycles. The monoisotopic (exact) mass is 504 g/mol. The first-order valence-electron chi connectivity index (χ1n) is 13.6. The van der Waals surface area contributed by atoms with E-state index in [-0.39, 0.29) is 42.6 Å². The van der Waals surface area contributed by atoms with Crippen LogP contribution in [0.2, 0.25) is 0 Å². The molecule has 0 fully saturated rings. The van der Waals surface area contributed by atoms with Crippen LogP contribution in [0.15, 0.2) is 18.2 Å². The summed E-state index contributed by atoms with van der Waals surface area (Å²) in [6.07, 6.45) is 20.2. The van der Waals surface area contributed by atoms with E-state index < -0.39 is 15.4 Å². The summed E-state index contributed by atoms with van der Waals surface area (Å²) in [6.45, 7) is 6.21. The van der Waals surface area contributed by atoms with Crippen LogP contribution in [0.25, 0.3) is 0 Å². The minimum Gasteiger partial charge on any atom is -0.748 e. The molecule has 1 aromatic rings. The molecule has 0 amide bonds. The van der Waals surface area contributed by atoms with Crippen LogP contribution in [0.3, 0.4) is 0 Å². The van der Waals surface area contributed by atoms with Crippen LogP contribution >= 0.6 is 0 Å². The molecule has 1 unspecified atom stereocenters. The van der Waals surface area contributed by atoms with Gasteiger partial charge in [0.2, 0.25) is 0 Å². The summed E-state index contributed by atoms with van der Waals surface area (Å²) in [5.41, 5.74) is 2.48. The third-order valence-electron chi connectivity index (χ3n) is 6.52. The SMILES string of the molecule is CCCCCCCCCc1ccc(CCCCCCCCC)c(OCCC(C)S(=O)(=O)[O-])c1.[Na+]. The van der Waals surface area contributed by atoms with E-state index in [0.29, 0.717) is 0 Å². The van der Waals surface area contributed by atoms with E-state index in [1.165, 1.54) is 102 Å². The predicted octanol–water partition coefficient (Wildman–Crippen LogP) is 4.98. The van der Waals surface area contributed by atoms with Gasteiger partial charge in [0.25, 0.3) is 0 Å². The van der Waals surface area contributed by atoms with Crippen molar-refractivity contribution >= 4 is 10.1 Å². The van der Waals surface area contributed by atoms with E-state index in [9.17, 15) is 13.0 Å². The minimum atomic E-state index is -4.26. The molecule has 1 aromatic carbocycles. The molecule has 0 heterocycles. The number of hydrogen-bond donors (Lipinski definition) is 0. The number of unbranched alkanes of at least 4 members (excludes halogenated alkanes) is 12. The molecule has 34 heavy (non-hydrogen) atoms. The first-order chi connectivity index (χ1) is 15.9. The maximum absolute atomic E-state index is 11.2. The maximum Gasteiger partial charge on any atom is 1.00 e. The summed E-state index contributed by atoms with van der Waals surface area (Å²) in [5, 5.41) is -0.917. The van der Waals surface area contributed by atoms with Gasteiger partial charge in [-0.15, -0.1) is 0 Å². The van der Waals surface area contributed by atoms with Crippen molar-refractivity contribution in [3.05, 3.63) is 29.3 Å². The summed E-state index contributed by atoms with van der Waals surface area (Å²) in [7, 11) is -4.26. The molecular weight excluding hydrogens is 455 g/mol. The van der Waals surface area contributed by atoms with Gasteiger partial charge in [-0.25, -0.2) is 8.42 Å². The van der Waals surface area contributed by atoms with Crippen LogP contribution in [-0.2, 0) is 23.0 Å². The summed E-state index contributed by atoms with van der Waals surface area (Å²) in [5.74, 6) is 0.872. The molecule has 0 bridgehead atoms. The Kier molecular flexibility index (Phi) is 21.0.